The molecule has 2 rings (SSSR count). The van der Waals surface area contributed by atoms with Crippen LogP contribution in [0, 0.1) is 23.7 Å². The number of unbranched alkanes of at least 4 members (excludes halogenated alkanes) is 14. The predicted molar refractivity (Wildman–Crippen MR) is 344 cm³/mol. The Morgan fingerprint density at radius 2 is 0.979 bits per heavy atom. The van der Waals surface area contributed by atoms with Crippen molar-refractivity contribution in [1.82, 2.24) is 36.6 Å². The van der Waals surface area contributed by atoms with Gasteiger partial charge in [-0.25, -0.2) is 14.6 Å². The molecule has 1 aliphatic carbocycles. The average molecular weight is 1350 g/mol. The van der Waals surface area contributed by atoms with Gasteiger partial charge in [0.2, 0.25) is 29.5 Å². The Balaban J connectivity index is 0.0000461. The van der Waals surface area contributed by atoms with Crippen molar-refractivity contribution in [3.8, 4) is 0 Å². The van der Waals surface area contributed by atoms with Crippen LogP contribution in [0.3, 0.4) is 0 Å². The van der Waals surface area contributed by atoms with Gasteiger partial charge in [0.05, 0.1) is 63.8 Å². The molecule has 1 heterocycles. The van der Waals surface area contributed by atoms with E-state index in [0.29, 0.717) is 44.2 Å². The van der Waals surface area contributed by atoms with Crippen LogP contribution >= 0.6 is 0 Å². The molecular formula is C65H108N8O22. The van der Waals surface area contributed by atoms with E-state index in [4.69, 9.17) is 29.8 Å². The lowest BCUT2D eigenvalue weighted by Crippen LogP contribution is -2.42. The largest absolute Gasteiger partial charge is 0.481 e. The SMILES string of the molecule is N[C@@H](Cc1cnc[nH]1)C(=O)C[C@@H](CCCCNC(=O)CC[C@H](NC(=O)CC[C@H](CC(=O)COCCOCCNC(=O)COCCOCCNC(=O)CC[C@H](NC(=O)CCCCCCCCCCCCCCCCC(=O)O)C(=O)O)C(=O)O)C(=O)O)C(=O)C1CCC[C@H]1C(=O)O.[HH]. The minimum Gasteiger partial charge on any atom is -0.481 e. The fraction of sp³-hybridized carbons (Fsp3) is 0.754. The van der Waals surface area contributed by atoms with E-state index in [1.165, 1.54) is 44.6 Å². The van der Waals surface area contributed by atoms with Crippen LogP contribution in [0.4, 0.5) is 0 Å². The van der Waals surface area contributed by atoms with Crippen LogP contribution in [0.5, 0.6) is 0 Å². The molecule has 30 heteroatoms. The summed E-state index contributed by atoms with van der Waals surface area (Å²) in [7, 11) is 0. The quantitative estimate of drug-likeness (QED) is 0.0406. The molecular weight excluding hydrogens is 1240 g/mol. The Bertz CT molecular complexity index is 2490. The number of hydrogen-bond acceptors (Lipinski definition) is 19. The number of carbonyl (C=O) groups excluding carboxylic acids is 8. The highest BCUT2D eigenvalue weighted by molar-refractivity contribution is 5.94. The van der Waals surface area contributed by atoms with Crippen molar-refractivity contribution < 1.29 is 108 Å². The number of Topliss-reactive ketones (excluding diaryl/α,β-unsaturated/α-hetero) is 3. The summed E-state index contributed by atoms with van der Waals surface area (Å²) >= 11 is 0. The first-order chi connectivity index (χ1) is 45.6. The highest BCUT2D eigenvalue weighted by atomic mass is 16.5. The summed E-state index contributed by atoms with van der Waals surface area (Å²) in [6.45, 7) is 0.159. The zero-order valence-corrected chi connectivity index (χ0v) is 55.1. The van der Waals surface area contributed by atoms with Crippen LogP contribution in [0.2, 0.25) is 0 Å². The number of imidazole rings is 1. The lowest BCUT2D eigenvalue weighted by Gasteiger charge is -2.23. The normalized spacial score (nSPS) is 15.1. The lowest BCUT2D eigenvalue weighted by atomic mass is 9.80. The van der Waals surface area contributed by atoms with Gasteiger partial charge in [-0.3, -0.25) is 52.7 Å². The fourth-order valence-corrected chi connectivity index (χ4v) is 10.9. The molecule has 0 spiro atoms. The number of rotatable bonds is 62. The molecule has 0 aromatic carbocycles. The summed E-state index contributed by atoms with van der Waals surface area (Å²) in [6, 6.07) is -3.58. The van der Waals surface area contributed by atoms with Gasteiger partial charge in [0.1, 0.15) is 31.1 Å². The van der Waals surface area contributed by atoms with Gasteiger partial charge in [-0.05, 0) is 57.8 Å². The summed E-state index contributed by atoms with van der Waals surface area (Å²) in [6.07, 6.45) is 18.6. The molecule has 7 atom stereocenters. The van der Waals surface area contributed by atoms with Gasteiger partial charge in [-0.15, -0.1) is 0 Å². The first-order valence-electron chi connectivity index (χ1n) is 33.7. The molecule has 0 radical (unpaired) electrons. The van der Waals surface area contributed by atoms with Crippen molar-refractivity contribution in [2.45, 2.75) is 217 Å². The number of carbonyl (C=O) groups is 13. The number of aromatic amines is 1. The van der Waals surface area contributed by atoms with Gasteiger partial charge < -0.3 is 81.8 Å². The Kier molecular flexibility index (Phi) is 45.9. The molecule has 95 heavy (non-hydrogen) atoms. The number of carboxylic acid groups (broad SMARTS) is 5. The van der Waals surface area contributed by atoms with Crippen LogP contribution in [0.1, 0.15) is 200 Å². The Labute approximate surface area is 557 Å². The van der Waals surface area contributed by atoms with Gasteiger partial charge in [-0.2, -0.15) is 0 Å². The molecule has 1 unspecified atom stereocenters. The van der Waals surface area contributed by atoms with Crippen LogP contribution in [-0.2, 0) is 87.7 Å². The van der Waals surface area contributed by atoms with Crippen molar-refractivity contribution in [1.29, 1.82) is 0 Å². The minimum atomic E-state index is -1.48. The minimum absolute atomic E-state index is 0. The second-order valence-corrected chi connectivity index (χ2v) is 24.2. The van der Waals surface area contributed by atoms with Gasteiger partial charge >= 0.3 is 29.8 Å². The highest BCUT2D eigenvalue weighted by Crippen LogP contribution is 2.36. The number of nitrogens with two attached hydrogens (primary N) is 1. The van der Waals surface area contributed by atoms with E-state index >= 15 is 0 Å². The van der Waals surface area contributed by atoms with E-state index in [1.807, 2.05) is 0 Å². The van der Waals surface area contributed by atoms with Crippen molar-refractivity contribution in [2.75, 3.05) is 72.5 Å². The Morgan fingerprint density at radius 1 is 0.495 bits per heavy atom. The van der Waals surface area contributed by atoms with Crippen molar-refractivity contribution in [2.24, 2.45) is 29.4 Å². The molecule has 1 aromatic heterocycles. The van der Waals surface area contributed by atoms with Crippen LogP contribution in [0.25, 0.3) is 0 Å². The van der Waals surface area contributed by atoms with Crippen LogP contribution < -0.4 is 32.3 Å². The van der Waals surface area contributed by atoms with Gasteiger partial charge in [0.25, 0.3) is 0 Å². The summed E-state index contributed by atoms with van der Waals surface area (Å²) < 4.78 is 21.4. The van der Waals surface area contributed by atoms with Crippen LogP contribution in [-0.4, -0.2) is 203 Å². The smallest absolute Gasteiger partial charge is 0.326 e. The molecule has 5 amide bonds. The second kappa shape index (κ2) is 52.0. The number of hydrogen-bond donors (Lipinski definition) is 12. The van der Waals surface area contributed by atoms with E-state index in [-0.39, 0.29) is 149 Å². The van der Waals surface area contributed by atoms with E-state index in [1.54, 1.807) is 0 Å². The molecule has 30 nitrogen and oxygen atoms in total. The van der Waals surface area contributed by atoms with Crippen molar-refractivity contribution in [3.05, 3.63) is 18.2 Å². The standard InChI is InChI=1S/C65H106N8O22.H2/c66-51(40-47-41-67-44-71-47)54(75)39-45(61(83)49-19-17-20-50(49)63(86)87)18-15-16-29-68-55(76)27-24-53(65(90)91)73-58(79)26-23-46(62(84)85)38-48(74)42-94-36-34-93-33-31-70-59(80)43-95-37-35-92-32-30-69-56(77)28-25-52(64(88)89)72-57(78)21-13-11-9-7-5-3-1-2-4-6-8-10-12-14-22-60(81)82;/h41,44-46,49-53H,1-40,42-43,66H2,(H,67,71)(H,68,76)(H,69,77)(H,70,80)(H,72,78)(H,73,79)(H,81,82)(H,84,85)(H,86,87)(H,88,89)(H,90,91);1H/t45-,46-,49?,50-,51+,52+,53+;/m1./s1. The number of carboxylic acids is 5. The third kappa shape index (κ3) is 42.0. The summed E-state index contributed by atoms with van der Waals surface area (Å²) in [5.41, 5.74) is 6.80. The number of ketones is 3. The number of aromatic nitrogens is 2. The Hall–Kier alpha value is -7.28. The monoisotopic (exact) mass is 1350 g/mol. The zero-order valence-electron chi connectivity index (χ0n) is 55.1. The maximum absolute atomic E-state index is 13.6. The first-order valence-corrected chi connectivity index (χ1v) is 33.7. The Morgan fingerprint density at radius 3 is 1.49 bits per heavy atom. The number of ether oxygens (including phenoxy) is 4. The maximum atomic E-state index is 13.6. The summed E-state index contributed by atoms with van der Waals surface area (Å²) in [5.74, 6) is -13.1. The van der Waals surface area contributed by atoms with E-state index in [2.05, 4.69) is 36.6 Å². The zero-order chi connectivity index (χ0) is 70.0. The van der Waals surface area contributed by atoms with Gasteiger partial charge in [0, 0.05) is 96.2 Å². The number of amides is 5. The molecule has 1 saturated carbocycles. The number of nitrogens with one attached hydrogen (secondary N) is 6. The first kappa shape index (κ1) is 83.8. The number of aliphatic carboxylic acids is 5. The molecule has 0 bridgehead atoms. The van der Waals surface area contributed by atoms with Crippen LogP contribution in [0.15, 0.2) is 12.5 Å². The third-order valence-corrected chi connectivity index (χ3v) is 16.3. The summed E-state index contributed by atoms with van der Waals surface area (Å²) in [5, 5.41) is 60.1. The van der Waals surface area contributed by atoms with Crippen molar-refractivity contribution in [3.63, 3.8) is 0 Å². The molecule has 1 aromatic rings. The third-order valence-electron chi connectivity index (χ3n) is 16.3. The number of nitrogens with zero attached hydrogens (tertiary/aromatic N) is 1. The molecule has 1 aliphatic rings. The van der Waals surface area contributed by atoms with Gasteiger partial charge in [-0.1, -0.05) is 89.9 Å². The molecule has 13 N–H and O–H groups in total. The van der Waals surface area contributed by atoms with E-state index in [9.17, 15) is 82.8 Å². The molecule has 0 aliphatic heterocycles. The molecule has 0 saturated heterocycles. The average Bonchev–Trinajstić information content (AvgIpc) is 1.65. The van der Waals surface area contributed by atoms with E-state index in [0.717, 1.165) is 51.4 Å². The number of H-pyrrole nitrogens is 1. The predicted octanol–water partition coefficient (Wildman–Crippen LogP) is 4.22. The second-order valence-electron chi connectivity index (χ2n) is 24.2. The summed E-state index contributed by atoms with van der Waals surface area (Å²) in [4.78, 5) is 166. The van der Waals surface area contributed by atoms with Crippen molar-refractivity contribution >= 4 is 76.7 Å². The topological polar surface area (TPSA) is 475 Å². The maximum Gasteiger partial charge on any atom is 0.326 e. The lowest BCUT2D eigenvalue weighted by molar-refractivity contribution is -0.146. The molecule has 540 valence electrons. The van der Waals surface area contributed by atoms with Gasteiger partial charge in [0.15, 0.2) is 11.6 Å². The fourth-order valence-electron chi connectivity index (χ4n) is 10.9. The van der Waals surface area contributed by atoms with E-state index < -0.39 is 121 Å². The molecule has 1 fully saturated rings. The highest BCUT2D eigenvalue weighted by Gasteiger charge is 2.41.